The summed E-state index contributed by atoms with van der Waals surface area (Å²) in [6, 6.07) is 6.77. The van der Waals surface area contributed by atoms with Crippen LogP contribution in [0.4, 0.5) is 5.69 Å². The van der Waals surface area contributed by atoms with Gasteiger partial charge in [-0.25, -0.2) is 0 Å². The van der Waals surface area contributed by atoms with Crippen molar-refractivity contribution in [3.05, 3.63) is 29.3 Å². The molecule has 2 heteroatoms. The lowest BCUT2D eigenvalue weighted by molar-refractivity contribution is 0.424. The molecule has 2 nitrogen and oxygen atoms in total. The maximum Gasteiger partial charge on any atom is 0.0372 e. The van der Waals surface area contributed by atoms with Crippen molar-refractivity contribution in [2.24, 2.45) is 0 Å². The molecule has 0 radical (unpaired) electrons. The quantitative estimate of drug-likeness (QED) is 0.797. The van der Waals surface area contributed by atoms with Gasteiger partial charge in [0.15, 0.2) is 0 Å². The molecule has 0 unspecified atom stereocenters. The Hall–Kier alpha value is -1.02. The van der Waals surface area contributed by atoms with Crippen molar-refractivity contribution in [2.45, 2.75) is 45.7 Å². The third-order valence-electron chi connectivity index (χ3n) is 2.93. The van der Waals surface area contributed by atoms with Crippen LogP contribution < -0.4 is 10.6 Å². The Morgan fingerprint density at radius 2 is 2.12 bits per heavy atom. The van der Waals surface area contributed by atoms with E-state index in [0.717, 1.165) is 13.1 Å². The number of hydrogen-bond acceptors (Lipinski definition) is 2. The first-order valence-corrected chi connectivity index (χ1v) is 6.15. The molecule has 0 bridgehead atoms. The molecular weight excluding hydrogens is 196 g/mol. The number of nitrogens with one attached hydrogen (secondary N) is 2. The van der Waals surface area contributed by atoms with Gasteiger partial charge in [0.2, 0.25) is 0 Å². The molecule has 0 fully saturated rings. The lowest BCUT2D eigenvalue weighted by Gasteiger charge is -2.22. The van der Waals surface area contributed by atoms with Gasteiger partial charge in [0.05, 0.1) is 0 Å². The molecule has 0 saturated heterocycles. The predicted octanol–water partition coefficient (Wildman–Crippen LogP) is 2.93. The summed E-state index contributed by atoms with van der Waals surface area (Å²) in [4.78, 5) is 0. The number of rotatable bonds is 2. The zero-order chi connectivity index (χ0) is 11.6. The smallest absolute Gasteiger partial charge is 0.0372 e. The number of hydrogen-bond donors (Lipinski definition) is 2. The van der Waals surface area contributed by atoms with Crippen LogP contribution in [0.5, 0.6) is 0 Å². The highest BCUT2D eigenvalue weighted by Gasteiger charge is 2.11. The van der Waals surface area contributed by atoms with Gasteiger partial charge in [0.25, 0.3) is 0 Å². The minimum absolute atomic E-state index is 0.189. The average molecular weight is 218 g/mol. The SMILES string of the molecule is CC(C)(C)NCc1ccc2c(c1)CCCN2. The van der Waals surface area contributed by atoms with Crippen molar-refractivity contribution in [3.63, 3.8) is 0 Å². The number of benzene rings is 1. The molecule has 1 aliphatic rings. The molecule has 0 saturated carbocycles. The Morgan fingerprint density at radius 3 is 2.88 bits per heavy atom. The van der Waals surface area contributed by atoms with Crippen LogP contribution in [-0.2, 0) is 13.0 Å². The van der Waals surface area contributed by atoms with Gasteiger partial charge >= 0.3 is 0 Å². The van der Waals surface area contributed by atoms with E-state index in [4.69, 9.17) is 0 Å². The van der Waals surface area contributed by atoms with Gasteiger partial charge in [-0.2, -0.15) is 0 Å². The topological polar surface area (TPSA) is 24.1 Å². The summed E-state index contributed by atoms with van der Waals surface area (Å²) in [6.07, 6.45) is 2.47. The van der Waals surface area contributed by atoms with Crippen LogP contribution in [0, 0.1) is 0 Å². The summed E-state index contributed by atoms with van der Waals surface area (Å²) < 4.78 is 0. The van der Waals surface area contributed by atoms with E-state index in [1.165, 1.54) is 29.7 Å². The van der Waals surface area contributed by atoms with E-state index < -0.39 is 0 Å². The zero-order valence-corrected chi connectivity index (χ0v) is 10.6. The van der Waals surface area contributed by atoms with E-state index in [1.54, 1.807) is 0 Å². The highest BCUT2D eigenvalue weighted by atomic mass is 14.9. The summed E-state index contributed by atoms with van der Waals surface area (Å²) >= 11 is 0. The van der Waals surface area contributed by atoms with E-state index in [9.17, 15) is 0 Å². The van der Waals surface area contributed by atoms with Crippen LogP contribution in [0.25, 0.3) is 0 Å². The number of fused-ring (bicyclic) bond motifs is 1. The number of aryl methyl sites for hydroxylation is 1. The Balaban J connectivity index is 2.06. The molecule has 1 aromatic carbocycles. The molecule has 0 aromatic heterocycles. The normalized spacial score (nSPS) is 15.4. The van der Waals surface area contributed by atoms with Gasteiger partial charge in [0.1, 0.15) is 0 Å². The molecule has 2 N–H and O–H groups in total. The molecule has 1 heterocycles. The van der Waals surface area contributed by atoms with Crippen LogP contribution in [0.15, 0.2) is 18.2 Å². The lowest BCUT2D eigenvalue weighted by atomic mass is 10.0. The first-order valence-electron chi connectivity index (χ1n) is 6.15. The Labute approximate surface area is 98.4 Å². The average Bonchev–Trinajstić information content (AvgIpc) is 2.25. The molecule has 0 spiro atoms. The van der Waals surface area contributed by atoms with Crippen molar-refractivity contribution in [1.82, 2.24) is 5.32 Å². The minimum Gasteiger partial charge on any atom is -0.385 e. The summed E-state index contributed by atoms with van der Waals surface area (Å²) in [7, 11) is 0. The first kappa shape index (κ1) is 11.5. The summed E-state index contributed by atoms with van der Waals surface area (Å²) in [6.45, 7) is 8.68. The second kappa shape index (κ2) is 4.46. The van der Waals surface area contributed by atoms with Crippen molar-refractivity contribution in [1.29, 1.82) is 0 Å². The fourth-order valence-electron chi connectivity index (χ4n) is 2.01. The second-order valence-electron chi connectivity index (χ2n) is 5.63. The molecule has 0 aliphatic carbocycles. The summed E-state index contributed by atoms with van der Waals surface area (Å²) in [5.41, 5.74) is 4.37. The molecule has 1 aromatic rings. The number of anilines is 1. The van der Waals surface area contributed by atoms with Gasteiger partial charge in [0, 0.05) is 24.3 Å². The van der Waals surface area contributed by atoms with Crippen LogP contribution in [0.3, 0.4) is 0 Å². The Morgan fingerprint density at radius 1 is 1.31 bits per heavy atom. The third kappa shape index (κ3) is 2.99. The maximum atomic E-state index is 3.52. The highest BCUT2D eigenvalue weighted by molar-refractivity contribution is 5.54. The van der Waals surface area contributed by atoms with Crippen molar-refractivity contribution < 1.29 is 0 Å². The monoisotopic (exact) mass is 218 g/mol. The van der Waals surface area contributed by atoms with Crippen LogP contribution in [-0.4, -0.2) is 12.1 Å². The van der Waals surface area contributed by atoms with Gasteiger partial charge < -0.3 is 10.6 Å². The fourth-order valence-corrected chi connectivity index (χ4v) is 2.01. The van der Waals surface area contributed by atoms with Crippen molar-refractivity contribution in [3.8, 4) is 0 Å². The highest BCUT2D eigenvalue weighted by Crippen LogP contribution is 2.23. The molecule has 0 atom stereocenters. The molecule has 16 heavy (non-hydrogen) atoms. The maximum absolute atomic E-state index is 3.52. The van der Waals surface area contributed by atoms with Crippen LogP contribution in [0.1, 0.15) is 38.3 Å². The van der Waals surface area contributed by atoms with Gasteiger partial charge in [-0.1, -0.05) is 12.1 Å². The van der Waals surface area contributed by atoms with E-state index in [2.05, 4.69) is 49.6 Å². The standard InChI is InChI=1S/C14H22N2/c1-14(2,3)16-10-11-6-7-13-12(9-11)5-4-8-15-13/h6-7,9,15-16H,4-5,8,10H2,1-3H3. The first-order chi connectivity index (χ1) is 7.54. The predicted molar refractivity (Wildman–Crippen MR) is 69.8 cm³/mol. The van der Waals surface area contributed by atoms with E-state index in [0.29, 0.717) is 0 Å². The van der Waals surface area contributed by atoms with Gasteiger partial charge in [-0.05, 0) is 50.8 Å². The van der Waals surface area contributed by atoms with Gasteiger partial charge in [-0.15, -0.1) is 0 Å². The third-order valence-corrected chi connectivity index (χ3v) is 2.93. The lowest BCUT2D eigenvalue weighted by Crippen LogP contribution is -2.35. The Kier molecular flexibility index (Phi) is 3.20. The second-order valence-corrected chi connectivity index (χ2v) is 5.63. The molecule has 0 amide bonds. The van der Waals surface area contributed by atoms with Gasteiger partial charge in [-0.3, -0.25) is 0 Å². The van der Waals surface area contributed by atoms with Crippen LogP contribution in [0.2, 0.25) is 0 Å². The molecular formula is C14H22N2. The Bertz CT molecular complexity index is 363. The van der Waals surface area contributed by atoms with Crippen molar-refractivity contribution in [2.75, 3.05) is 11.9 Å². The fraction of sp³-hybridized carbons (Fsp3) is 0.571. The van der Waals surface area contributed by atoms with Crippen LogP contribution >= 0.6 is 0 Å². The molecule has 1 aliphatic heterocycles. The van der Waals surface area contributed by atoms with E-state index >= 15 is 0 Å². The minimum atomic E-state index is 0.189. The summed E-state index contributed by atoms with van der Waals surface area (Å²) in [5.74, 6) is 0. The largest absolute Gasteiger partial charge is 0.385 e. The molecule has 88 valence electrons. The summed E-state index contributed by atoms with van der Waals surface area (Å²) in [5, 5.41) is 6.97. The van der Waals surface area contributed by atoms with E-state index in [-0.39, 0.29) is 5.54 Å². The zero-order valence-electron chi connectivity index (χ0n) is 10.6. The van der Waals surface area contributed by atoms with Crippen molar-refractivity contribution >= 4 is 5.69 Å². The molecule has 2 rings (SSSR count). The van der Waals surface area contributed by atoms with E-state index in [1.807, 2.05) is 0 Å².